The minimum absolute atomic E-state index is 0.149. The Morgan fingerprint density at radius 1 is 1.12 bits per heavy atom. The first-order valence-corrected chi connectivity index (χ1v) is 9.82. The summed E-state index contributed by atoms with van der Waals surface area (Å²) in [5.41, 5.74) is 1.05. The lowest BCUT2D eigenvalue weighted by Crippen LogP contribution is -2.34. The Kier molecular flexibility index (Phi) is 3.80. The van der Waals surface area contributed by atoms with Gasteiger partial charge in [0, 0.05) is 51.2 Å². The van der Waals surface area contributed by atoms with E-state index in [4.69, 9.17) is 0 Å². The standard InChI is InChI=1S/C16H22N6O2S/c1-11-4-17-10-18-16(11)21-5-13-7-22(8-14(13)6-21)25(23,24)15-9-20(3)12(2)19-15/h4,9-10,13-14H,5-8H2,1-3H3. The predicted octanol–water partition coefficient (Wildman–Crippen LogP) is 0.584. The van der Waals surface area contributed by atoms with Gasteiger partial charge in [0.25, 0.3) is 10.0 Å². The molecule has 2 aromatic heterocycles. The summed E-state index contributed by atoms with van der Waals surface area (Å²) in [5, 5.41) is 0.149. The van der Waals surface area contributed by atoms with E-state index < -0.39 is 10.0 Å². The fourth-order valence-electron chi connectivity index (χ4n) is 3.83. The van der Waals surface area contributed by atoms with Crippen LogP contribution in [0.25, 0.3) is 0 Å². The fraction of sp³-hybridized carbons (Fsp3) is 0.562. The van der Waals surface area contributed by atoms with Crippen molar-refractivity contribution in [3.05, 3.63) is 30.1 Å². The Hall–Kier alpha value is -2.00. The zero-order valence-electron chi connectivity index (χ0n) is 14.6. The first-order valence-electron chi connectivity index (χ1n) is 8.38. The number of aryl methyl sites for hydroxylation is 3. The first kappa shape index (κ1) is 16.5. The van der Waals surface area contributed by atoms with Gasteiger partial charge in [0.2, 0.25) is 0 Å². The molecular formula is C16H22N6O2S. The number of imidazole rings is 1. The molecule has 8 nitrogen and oxygen atoms in total. The van der Waals surface area contributed by atoms with Crippen molar-refractivity contribution in [2.45, 2.75) is 18.9 Å². The third kappa shape index (κ3) is 2.71. The summed E-state index contributed by atoms with van der Waals surface area (Å²) in [6, 6.07) is 0. The van der Waals surface area contributed by atoms with Crippen LogP contribution in [0.2, 0.25) is 0 Å². The second-order valence-electron chi connectivity index (χ2n) is 7.01. The highest BCUT2D eigenvalue weighted by molar-refractivity contribution is 7.89. The molecule has 0 aromatic carbocycles. The van der Waals surface area contributed by atoms with Crippen LogP contribution in [0.15, 0.2) is 23.7 Å². The molecule has 2 saturated heterocycles. The second kappa shape index (κ2) is 5.77. The van der Waals surface area contributed by atoms with Crippen molar-refractivity contribution < 1.29 is 8.42 Å². The summed E-state index contributed by atoms with van der Waals surface area (Å²) < 4.78 is 29.0. The molecule has 2 atom stereocenters. The van der Waals surface area contributed by atoms with Crippen molar-refractivity contribution in [1.82, 2.24) is 23.8 Å². The Morgan fingerprint density at radius 3 is 2.36 bits per heavy atom. The molecule has 2 aliphatic rings. The molecule has 2 aromatic rings. The van der Waals surface area contributed by atoms with Crippen molar-refractivity contribution >= 4 is 15.8 Å². The van der Waals surface area contributed by atoms with E-state index >= 15 is 0 Å². The summed E-state index contributed by atoms with van der Waals surface area (Å²) in [6.07, 6.45) is 4.97. The van der Waals surface area contributed by atoms with Crippen LogP contribution >= 0.6 is 0 Å². The number of rotatable bonds is 3. The average Bonchev–Trinajstić information content (AvgIpc) is 3.22. The van der Waals surface area contributed by atoms with Crippen LogP contribution < -0.4 is 4.90 Å². The van der Waals surface area contributed by atoms with E-state index in [1.807, 2.05) is 20.2 Å². The molecule has 0 bridgehead atoms. The largest absolute Gasteiger partial charge is 0.356 e. The van der Waals surface area contributed by atoms with Crippen molar-refractivity contribution in [2.75, 3.05) is 31.1 Å². The normalized spacial score (nSPS) is 24.0. The molecule has 4 heterocycles. The minimum Gasteiger partial charge on any atom is -0.356 e. The van der Waals surface area contributed by atoms with Crippen LogP contribution in [0.1, 0.15) is 11.4 Å². The Morgan fingerprint density at radius 2 is 1.80 bits per heavy atom. The molecule has 0 radical (unpaired) electrons. The fourth-order valence-corrected chi connectivity index (χ4v) is 5.40. The Labute approximate surface area is 147 Å². The zero-order chi connectivity index (χ0) is 17.8. The number of fused-ring (bicyclic) bond motifs is 1. The number of hydrogen-bond acceptors (Lipinski definition) is 6. The maximum Gasteiger partial charge on any atom is 0.262 e. The molecule has 25 heavy (non-hydrogen) atoms. The van der Waals surface area contributed by atoms with Crippen molar-refractivity contribution in [1.29, 1.82) is 0 Å². The highest BCUT2D eigenvalue weighted by atomic mass is 32.2. The van der Waals surface area contributed by atoms with Crippen LogP contribution in [-0.4, -0.2) is 58.4 Å². The van der Waals surface area contributed by atoms with Gasteiger partial charge in [-0.15, -0.1) is 0 Å². The number of sulfonamides is 1. The molecule has 0 N–H and O–H groups in total. The van der Waals surface area contributed by atoms with Crippen LogP contribution in [-0.2, 0) is 17.1 Å². The van der Waals surface area contributed by atoms with Gasteiger partial charge in [-0.25, -0.2) is 23.4 Å². The summed E-state index contributed by atoms with van der Waals surface area (Å²) in [5.74, 6) is 2.31. The molecule has 4 rings (SSSR count). The van der Waals surface area contributed by atoms with E-state index in [-0.39, 0.29) is 5.03 Å². The third-order valence-electron chi connectivity index (χ3n) is 5.31. The van der Waals surface area contributed by atoms with Crippen LogP contribution in [0, 0.1) is 25.7 Å². The number of aromatic nitrogens is 4. The summed E-state index contributed by atoms with van der Waals surface area (Å²) in [6.45, 7) is 6.56. The summed E-state index contributed by atoms with van der Waals surface area (Å²) >= 11 is 0. The molecular weight excluding hydrogens is 340 g/mol. The molecule has 0 amide bonds. The predicted molar refractivity (Wildman–Crippen MR) is 92.7 cm³/mol. The van der Waals surface area contributed by atoms with E-state index in [9.17, 15) is 8.42 Å². The highest BCUT2D eigenvalue weighted by Crippen LogP contribution is 2.36. The smallest absolute Gasteiger partial charge is 0.262 e. The Balaban J connectivity index is 1.50. The van der Waals surface area contributed by atoms with Gasteiger partial charge >= 0.3 is 0 Å². The molecule has 134 valence electrons. The second-order valence-corrected chi connectivity index (χ2v) is 8.90. The van der Waals surface area contributed by atoms with E-state index in [1.165, 1.54) is 0 Å². The lowest BCUT2D eigenvalue weighted by molar-refractivity contribution is 0.450. The van der Waals surface area contributed by atoms with Gasteiger partial charge in [-0.1, -0.05) is 0 Å². The maximum absolute atomic E-state index is 12.9. The molecule has 0 saturated carbocycles. The van der Waals surface area contributed by atoms with Crippen LogP contribution in [0.3, 0.4) is 0 Å². The SMILES string of the molecule is Cc1cncnc1N1CC2CN(S(=O)(=O)c3cn(C)c(C)n3)CC2C1. The monoisotopic (exact) mass is 362 g/mol. The van der Waals surface area contributed by atoms with Gasteiger partial charge in [0.15, 0.2) is 5.03 Å². The van der Waals surface area contributed by atoms with E-state index in [2.05, 4.69) is 19.9 Å². The van der Waals surface area contributed by atoms with Gasteiger partial charge < -0.3 is 9.47 Å². The molecule has 2 aliphatic heterocycles. The first-order chi connectivity index (χ1) is 11.9. The number of anilines is 1. The van der Waals surface area contributed by atoms with Gasteiger partial charge in [-0.2, -0.15) is 4.31 Å². The topological polar surface area (TPSA) is 84.2 Å². The molecule has 0 aliphatic carbocycles. The van der Waals surface area contributed by atoms with Gasteiger partial charge in [0.05, 0.1) is 0 Å². The number of nitrogens with zero attached hydrogens (tertiary/aromatic N) is 6. The summed E-state index contributed by atoms with van der Waals surface area (Å²) in [4.78, 5) is 14.9. The summed E-state index contributed by atoms with van der Waals surface area (Å²) in [7, 11) is -1.71. The lowest BCUT2D eigenvalue weighted by Gasteiger charge is -2.22. The Bertz CT molecular complexity index is 876. The lowest BCUT2D eigenvalue weighted by atomic mass is 10.0. The van der Waals surface area contributed by atoms with Crippen LogP contribution in [0.4, 0.5) is 5.82 Å². The van der Waals surface area contributed by atoms with Gasteiger partial charge in [-0.05, 0) is 25.7 Å². The zero-order valence-corrected chi connectivity index (χ0v) is 15.4. The van der Waals surface area contributed by atoms with E-state index in [0.717, 1.165) is 24.5 Å². The van der Waals surface area contributed by atoms with Crippen LogP contribution in [0.5, 0.6) is 0 Å². The molecule has 0 spiro atoms. The van der Waals surface area contributed by atoms with Crippen molar-refractivity contribution in [3.8, 4) is 0 Å². The molecule has 2 unspecified atom stereocenters. The highest BCUT2D eigenvalue weighted by Gasteiger charge is 2.45. The van der Waals surface area contributed by atoms with E-state index in [0.29, 0.717) is 30.7 Å². The van der Waals surface area contributed by atoms with Gasteiger partial charge in [0.1, 0.15) is 18.0 Å². The van der Waals surface area contributed by atoms with E-state index in [1.54, 1.807) is 28.3 Å². The quantitative estimate of drug-likeness (QED) is 0.794. The minimum atomic E-state index is -3.52. The molecule has 2 fully saturated rings. The average molecular weight is 362 g/mol. The third-order valence-corrected chi connectivity index (χ3v) is 7.01. The maximum atomic E-state index is 12.9. The number of hydrogen-bond donors (Lipinski definition) is 0. The van der Waals surface area contributed by atoms with Crippen molar-refractivity contribution in [3.63, 3.8) is 0 Å². The van der Waals surface area contributed by atoms with Gasteiger partial charge in [-0.3, -0.25) is 0 Å². The molecule has 9 heteroatoms. The van der Waals surface area contributed by atoms with Crippen molar-refractivity contribution in [2.24, 2.45) is 18.9 Å².